The third-order valence-corrected chi connectivity index (χ3v) is 11.9. The monoisotopic (exact) mass is 532 g/mol. The molecule has 0 N–H and O–H groups in total. The lowest BCUT2D eigenvalue weighted by atomic mass is 10.0. The maximum atomic E-state index is 13.4. The second-order valence-corrected chi connectivity index (χ2v) is 14.6. The number of rotatable bonds is 5. The lowest BCUT2D eigenvalue weighted by Gasteiger charge is -2.44. The zero-order chi connectivity index (χ0) is 24.6. The molecule has 1 heterocycles. The molecule has 2 unspecified atom stereocenters. The maximum Gasteiger partial charge on any atom is 0.325 e. The molecule has 0 bridgehead atoms. The molecular weight excluding hydrogens is 508 g/mol. The minimum absolute atomic E-state index is 0.0254. The quantitative estimate of drug-likeness (QED) is 0.547. The number of hydrogen-bond donors (Lipinski definition) is 0. The molecule has 0 radical (unpaired) electrons. The molecule has 1 aliphatic rings. The fourth-order valence-corrected chi connectivity index (χ4v) is 9.80. The van der Waals surface area contributed by atoms with Crippen molar-refractivity contribution >= 4 is 48.3 Å². The van der Waals surface area contributed by atoms with Gasteiger partial charge in [-0.2, -0.15) is 12.7 Å². The van der Waals surface area contributed by atoms with Crippen LogP contribution in [0.15, 0.2) is 62.1 Å². The summed E-state index contributed by atoms with van der Waals surface area (Å²) in [6.07, 6.45) is 0. The molecular formula is C21H25ClN2O6S3. The maximum absolute atomic E-state index is 13.4. The van der Waals surface area contributed by atoms with Crippen molar-refractivity contribution < 1.29 is 26.4 Å². The Morgan fingerprint density at radius 3 is 2.15 bits per heavy atom. The first-order valence-corrected chi connectivity index (χ1v) is 14.5. The predicted molar refractivity (Wildman–Crippen MR) is 128 cm³/mol. The first kappa shape index (κ1) is 25.8. The van der Waals surface area contributed by atoms with Crippen LogP contribution in [0, 0.1) is 6.92 Å². The molecule has 1 fully saturated rings. The van der Waals surface area contributed by atoms with E-state index in [2.05, 4.69) is 3.77 Å². The van der Waals surface area contributed by atoms with E-state index in [-0.39, 0.29) is 22.1 Å². The van der Waals surface area contributed by atoms with Gasteiger partial charge in [-0.15, -0.1) is 3.77 Å². The third-order valence-electron chi connectivity index (χ3n) is 5.41. The number of carbonyl (C=O) groups excluding carboxylic acids is 1. The first-order chi connectivity index (χ1) is 15.3. The fraction of sp³-hybridized carbons (Fsp3) is 0.381. The van der Waals surface area contributed by atoms with Gasteiger partial charge in [-0.1, -0.05) is 40.0 Å². The molecule has 180 valence electrons. The molecule has 12 heteroatoms. The number of nitrogens with zero attached hydrogens (tertiary/aromatic N) is 2. The van der Waals surface area contributed by atoms with Gasteiger partial charge < -0.3 is 4.74 Å². The topological polar surface area (TPSA) is 110 Å². The number of benzene rings is 2. The van der Waals surface area contributed by atoms with Crippen LogP contribution < -0.4 is 0 Å². The van der Waals surface area contributed by atoms with Crippen molar-refractivity contribution in [2.24, 2.45) is 3.77 Å². The van der Waals surface area contributed by atoms with Crippen molar-refractivity contribution in [2.75, 3.05) is 19.4 Å². The van der Waals surface area contributed by atoms with Crippen LogP contribution in [0.5, 0.6) is 0 Å². The molecule has 33 heavy (non-hydrogen) atoms. The van der Waals surface area contributed by atoms with E-state index in [9.17, 15) is 21.6 Å². The second kappa shape index (κ2) is 9.46. The van der Waals surface area contributed by atoms with E-state index in [0.717, 1.165) is 9.87 Å². The summed E-state index contributed by atoms with van der Waals surface area (Å²) in [6, 6.07) is 10.7. The normalized spacial score (nSPS) is 21.6. The van der Waals surface area contributed by atoms with Gasteiger partial charge >= 0.3 is 5.97 Å². The average molecular weight is 533 g/mol. The molecule has 8 nitrogen and oxygen atoms in total. The Labute approximate surface area is 202 Å². The van der Waals surface area contributed by atoms with Gasteiger partial charge in [-0.25, -0.2) is 8.42 Å². The highest BCUT2D eigenvalue weighted by Gasteiger charge is 2.51. The molecule has 1 saturated heterocycles. The smallest absolute Gasteiger partial charge is 0.325 e. The van der Waals surface area contributed by atoms with Gasteiger partial charge in [0.05, 0.1) is 16.9 Å². The van der Waals surface area contributed by atoms with Crippen molar-refractivity contribution in [3.05, 3.63) is 59.1 Å². The van der Waals surface area contributed by atoms with Gasteiger partial charge in [0.25, 0.3) is 10.0 Å². The SMILES string of the molecule is COC(=O)C1N(S(=O)(=O)c2ccc(Cl)cc2)CC/S(=N/S(=O)(=O)c2ccc(C)cc2)C1(C)C. The molecule has 2 atom stereocenters. The second-order valence-electron chi connectivity index (χ2n) is 8.03. The Morgan fingerprint density at radius 2 is 1.61 bits per heavy atom. The Bertz CT molecular complexity index is 1290. The van der Waals surface area contributed by atoms with E-state index in [4.69, 9.17) is 16.3 Å². The van der Waals surface area contributed by atoms with Crippen LogP contribution in [0.4, 0.5) is 0 Å². The van der Waals surface area contributed by atoms with E-state index in [0.29, 0.717) is 5.02 Å². The summed E-state index contributed by atoms with van der Waals surface area (Å²) in [7, 11) is -8.13. The summed E-state index contributed by atoms with van der Waals surface area (Å²) in [4.78, 5) is 12.8. The number of hydrogen-bond acceptors (Lipinski definition) is 6. The Hall–Kier alpha value is -1.79. The largest absolute Gasteiger partial charge is 0.468 e. The van der Waals surface area contributed by atoms with Crippen LogP contribution in [-0.4, -0.2) is 57.3 Å². The van der Waals surface area contributed by atoms with Crippen LogP contribution >= 0.6 is 11.6 Å². The van der Waals surface area contributed by atoms with Gasteiger partial charge in [-0.05, 0) is 57.2 Å². The molecule has 0 spiro atoms. The minimum Gasteiger partial charge on any atom is -0.468 e. The summed E-state index contributed by atoms with van der Waals surface area (Å²) in [6.45, 7) is 5.02. The van der Waals surface area contributed by atoms with Crippen molar-refractivity contribution in [1.82, 2.24) is 4.31 Å². The average Bonchev–Trinajstić information content (AvgIpc) is 2.74. The number of ether oxygens (including phenoxy) is 1. The molecule has 2 aromatic carbocycles. The molecule has 3 rings (SSSR count). The lowest BCUT2D eigenvalue weighted by molar-refractivity contribution is -0.146. The summed E-state index contributed by atoms with van der Waals surface area (Å²) in [5.74, 6) is -0.643. The van der Waals surface area contributed by atoms with Crippen molar-refractivity contribution in [3.8, 4) is 0 Å². The Morgan fingerprint density at radius 1 is 1.06 bits per heavy atom. The van der Waals surface area contributed by atoms with Crippen molar-refractivity contribution in [2.45, 2.75) is 41.4 Å². The lowest BCUT2D eigenvalue weighted by Crippen LogP contribution is -2.63. The van der Waals surface area contributed by atoms with E-state index in [1.807, 2.05) is 6.92 Å². The summed E-state index contributed by atoms with van der Waals surface area (Å²) in [5.41, 5.74) is 0.906. The van der Waals surface area contributed by atoms with Crippen LogP contribution in [0.2, 0.25) is 5.02 Å². The summed E-state index contributed by atoms with van der Waals surface area (Å²) in [5, 5.41) is 0.374. The zero-order valence-corrected chi connectivity index (χ0v) is 21.8. The standard InChI is InChI=1S/C21H25ClN2O6S3/c1-15-5-9-17(10-6-15)32(26,27)23-31-14-13-24(19(20(25)30-4)21(31,2)3)33(28,29)18-11-7-16(22)8-12-18/h5-12,19H,13-14H2,1-4H3. The van der Waals surface area contributed by atoms with Crippen LogP contribution in [0.1, 0.15) is 19.4 Å². The molecule has 0 aliphatic carbocycles. The van der Waals surface area contributed by atoms with Crippen LogP contribution in [-0.2, 0) is 40.3 Å². The Kier molecular flexibility index (Phi) is 7.40. The molecule has 1 aliphatic heterocycles. The van der Waals surface area contributed by atoms with Gasteiger partial charge in [0.15, 0.2) is 0 Å². The van der Waals surface area contributed by atoms with E-state index >= 15 is 0 Å². The molecule has 0 amide bonds. The van der Waals surface area contributed by atoms with E-state index in [1.54, 1.807) is 26.0 Å². The first-order valence-electron chi connectivity index (χ1n) is 9.92. The van der Waals surface area contributed by atoms with Crippen molar-refractivity contribution in [1.29, 1.82) is 0 Å². The van der Waals surface area contributed by atoms with Crippen molar-refractivity contribution in [3.63, 3.8) is 0 Å². The number of sulfonamides is 2. The van der Waals surface area contributed by atoms with Gasteiger partial charge in [0.1, 0.15) is 6.04 Å². The highest BCUT2D eigenvalue weighted by atomic mass is 35.5. The molecule has 0 saturated carbocycles. The molecule has 2 aromatic rings. The number of methoxy groups -OCH3 is 1. The van der Waals surface area contributed by atoms with Crippen LogP contribution in [0.25, 0.3) is 0 Å². The number of esters is 1. The van der Waals surface area contributed by atoms with E-state index < -0.39 is 47.5 Å². The predicted octanol–water partition coefficient (Wildman–Crippen LogP) is 3.16. The minimum atomic E-state index is -4.09. The van der Waals surface area contributed by atoms with Gasteiger partial charge in [0, 0.05) is 22.1 Å². The number of aryl methyl sites for hydroxylation is 1. The Balaban J connectivity index is 2.07. The zero-order valence-electron chi connectivity index (χ0n) is 18.6. The van der Waals surface area contributed by atoms with Gasteiger partial charge in [-0.3, -0.25) is 4.79 Å². The fourth-order valence-electron chi connectivity index (χ4n) is 3.56. The third kappa shape index (κ3) is 5.17. The van der Waals surface area contributed by atoms with Gasteiger partial charge in [0.2, 0.25) is 10.0 Å². The van der Waals surface area contributed by atoms with Crippen LogP contribution in [0.3, 0.4) is 0 Å². The number of carbonyl (C=O) groups is 1. The molecule has 0 aromatic heterocycles. The summed E-state index contributed by atoms with van der Waals surface area (Å²) < 4.78 is 61.7. The summed E-state index contributed by atoms with van der Waals surface area (Å²) >= 11 is 5.88. The highest BCUT2D eigenvalue weighted by Crippen LogP contribution is 2.35. The number of halogens is 1. The van der Waals surface area contributed by atoms with E-state index in [1.165, 1.54) is 43.5 Å². The highest BCUT2D eigenvalue weighted by molar-refractivity contribution is 8.01.